The second-order valence-corrected chi connectivity index (χ2v) is 8.08. The van der Waals surface area contributed by atoms with E-state index in [1.54, 1.807) is 0 Å². The fourth-order valence-corrected chi connectivity index (χ4v) is 4.23. The molecular weight excluding hydrogens is 373 g/mol. The number of nitrogens with zero attached hydrogens (tertiary/aromatic N) is 3. The molecule has 2 aromatic rings. The number of halogens is 2. The smallest absolute Gasteiger partial charge is 0.302 e. The summed E-state index contributed by atoms with van der Waals surface area (Å²) in [5.74, 6) is 0. The van der Waals surface area contributed by atoms with Gasteiger partial charge in [0.2, 0.25) is 0 Å². The van der Waals surface area contributed by atoms with Crippen LogP contribution in [0.4, 0.5) is 5.69 Å². The molecule has 1 aromatic heterocycles. The Kier molecular flexibility index (Phi) is 4.85. The van der Waals surface area contributed by atoms with Crippen LogP contribution in [0, 0.1) is 0 Å². The van der Waals surface area contributed by atoms with Gasteiger partial charge in [-0.3, -0.25) is 4.79 Å². The maximum absolute atomic E-state index is 12.6. The van der Waals surface area contributed by atoms with Crippen LogP contribution in [0.25, 0.3) is 0 Å². The van der Waals surface area contributed by atoms with Gasteiger partial charge in [0.1, 0.15) is 5.02 Å². The Labute approximate surface area is 149 Å². The van der Waals surface area contributed by atoms with E-state index in [1.165, 1.54) is 30.5 Å². The zero-order valence-corrected chi connectivity index (χ0v) is 15.0. The highest BCUT2D eigenvalue weighted by Crippen LogP contribution is 2.25. The van der Waals surface area contributed by atoms with Crippen molar-refractivity contribution in [3.05, 3.63) is 50.9 Å². The van der Waals surface area contributed by atoms with E-state index in [2.05, 4.69) is 5.10 Å². The topological polar surface area (TPSA) is 72.3 Å². The van der Waals surface area contributed by atoms with Crippen LogP contribution in [0.3, 0.4) is 0 Å². The largest absolute Gasteiger partial charge is 0.369 e. The molecule has 24 heavy (non-hydrogen) atoms. The number of benzene rings is 1. The van der Waals surface area contributed by atoms with Gasteiger partial charge >= 0.3 is 5.56 Å². The van der Waals surface area contributed by atoms with E-state index in [0.29, 0.717) is 14.8 Å². The number of rotatable bonds is 3. The molecule has 1 saturated heterocycles. The van der Waals surface area contributed by atoms with Crippen LogP contribution in [0.1, 0.15) is 19.3 Å². The molecular formula is C15H15Cl2N3O3S. The molecule has 0 radical (unpaired) electrons. The summed E-state index contributed by atoms with van der Waals surface area (Å²) in [4.78, 5) is 14.3. The first-order valence-corrected chi connectivity index (χ1v) is 9.65. The molecule has 0 atom stereocenters. The minimum atomic E-state index is -4.12. The van der Waals surface area contributed by atoms with E-state index in [1.807, 2.05) is 4.90 Å². The zero-order chi connectivity index (χ0) is 17.3. The van der Waals surface area contributed by atoms with Crippen LogP contribution in [0.5, 0.6) is 0 Å². The van der Waals surface area contributed by atoms with Gasteiger partial charge in [0.05, 0.1) is 16.8 Å². The fourth-order valence-electron chi connectivity index (χ4n) is 2.64. The molecule has 0 saturated carbocycles. The van der Waals surface area contributed by atoms with Crippen molar-refractivity contribution in [2.24, 2.45) is 0 Å². The average molecular weight is 388 g/mol. The molecule has 0 N–H and O–H groups in total. The lowest BCUT2D eigenvalue weighted by atomic mass is 10.1. The summed E-state index contributed by atoms with van der Waals surface area (Å²) in [5.41, 5.74) is -0.376. The Hall–Kier alpha value is -1.57. The lowest BCUT2D eigenvalue weighted by Crippen LogP contribution is -2.35. The van der Waals surface area contributed by atoms with Gasteiger partial charge in [0.25, 0.3) is 10.0 Å². The maximum atomic E-state index is 12.6. The highest BCUT2D eigenvalue weighted by molar-refractivity contribution is 7.89. The maximum Gasteiger partial charge on any atom is 0.302 e. The fraction of sp³-hybridized carbons (Fsp3) is 0.333. The van der Waals surface area contributed by atoms with Gasteiger partial charge in [0, 0.05) is 18.1 Å². The number of piperidine rings is 1. The number of anilines is 1. The quantitative estimate of drug-likeness (QED) is 0.809. The molecule has 0 spiro atoms. The first kappa shape index (κ1) is 17.3. The van der Waals surface area contributed by atoms with Gasteiger partial charge < -0.3 is 4.90 Å². The van der Waals surface area contributed by atoms with Gasteiger partial charge in [0.15, 0.2) is 0 Å². The lowest BCUT2D eigenvalue weighted by molar-refractivity contribution is 0.569. The van der Waals surface area contributed by atoms with Gasteiger partial charge in [-0.15, -0.1) is 4.09 Å². The third-order valence-corrected chi connectivity index (χ3v) is 6.10. The monoisotopic (exact) mass is 387 g/mol. The first-order chi connectivity index (χ1) is 11.4. The van der Waals surface area contributed by atoms with E-state index in [4.69, 9.17) is 23.2 Å². The van der Waals surface area contributed by atoms with E-state index in [-0.39, 0.29) is 9.92 Å². The summed E-state index contributed by atoms with van der Waals surface area (Å²) in [6.45, 7) is 1.55. The molecule has 128 valence electrons. The van der Waals surface area contributed by atoms with E-state index < -0.39 is 15.6 Å². The third kappa shape index (κ3) is 3.16. The molecule has 1 aliphatic rings. The second-order valence-electron chi connectivity index (χ2n) is 5.50. The van der Waals surface area contributed by atoms with Crippen molar-refractivity contribution in [3.8, 4) is 0 Å². The third-order valence-electron chi connectivity index (χ3n) is 3.91. The van der Waals surface area contributed by atoms with Crippen LogP contribution < -0.4 is 10.5 Å². The molecule has 9 heteroatoms. The normalized spacial score (nSPS) is 15.5. The Morgan fingerprint density at radius 1 is 1.00 bits per heavy atom. The van der Waals surface area contributed by atoms with Crippen molar-refractivity contribution in [1.29, 1.82) is 0 Å². The number of hydrogen-bond acceptors (Lipinski definition) is 5. The van der Waals surface area contributed by atoms with Gasteiger partial charge in [-0.1, -0.05) is 23.2 Å². The van der Waals surface area contributed by atoms with Crippen molar-refractivity contribution >= 4 is 38.9 Å². The zero-order valence-electron chi connectivity index (χ0n) is 12.7. The molecule has 0 amide bonds. The molecule has 1 aromatic carbocycles. The molecule has 1 aliphatic heterocycles. The average Bonchev–Trinajstić information content (AvgIpc) is 2.58. The molecule has 3 rings (SSSR count). The minimum absolute atomic E-state index is 0.0803. The second kappa shape index (κ2) is 6.74. The highest BCUT2D eigenvalue weighted by atomic mass is 35.5. The summed E-state index contributed by atoms with van der Waals surface area (Å²) in [6, 6.07) is 5.50. The predicted molar refractivity (Wildman–Crippen MR) is 93.6 cm³/mol. The van der Waals surface area contributed by atoms with Crippen molar-refractivity contribution in [2.75, 3.05) is 18.0 Å². The van der Waals surface area contributed by atoms with Crippen LogP contribution in [0.15, 0.2) is 40.2 Å². The van der Waals surface area contributed by atoms with Gasteiger partial charge in [-0.25, -0.2) is 0 Å². The molecule has 0 unspecified atom stereocenters. The van der Waals surface area contributed by atoms with Crippen molar-refractivity contribution in [1.82, 2.24) is 9.19 Å². The van der Waals surface area contributed by atoms with E-state index >= 15 is 0 Å². The summed E-state index contributed by atoms with van der Waals surface area (Å²) in [6.07, 6.45) is 4.47. The van der Waals surface area contributed by atoms with Crippen LogP contribution in [0.2, 0.25) is 10.0 Å². The molecule has 1 fully saturated rings. The Balaban J connectivity index is 2.04. The van der Waals surface area contributed by atoms with Crippen LogP contribution >= 0.6 is 23.2 Å². The first-order valence-electron chi connectivity index (χ1n) is 7.45. The lowest BCUT2D eigenvalue weighted by Gasteiger charge is -2.29. The summed E-state index contributed by atoms with van der Waals surface area (Å²) in [5, 5.41) is 4.10. The van der Waals surface area contributed by atoms with Crippen molar-refractivity contribution in [3.63, 3.8) is 0 Å². The highest BCUT2D eigenvalue weighted by Gasteiger charge is 2.24. The van der Waals surface area contributed by atoms with Crippen molar-refractivity contribution in [2.45, 2.75) is 24.2 Å². The molecule has 6 nitrogen and oxygen atoms in total. The van der Waals surface area contributed by atoms with Crippen LogP contribution in [-0.2, 0) is 10.0 Å². The van der Waals surface area contributed by atoms with Crippen LogP contribution in [-0.4, -0.2) is 30.7 Å². The molecule has 0 bridgehead atoms. The van der Waals surface area contributed by atoms with Crippen molar-refractivity contribution < 1.29 is 8.42 Å². The minimum Gasteiger partial charge on any atom is -0.369 e. The summed E-state index contributed by atoms with van der Waals surface area (Å²) >= 11 is 11.9. The Morgan fingerprint density at radius 2 is 1.62 bits per heavy atom. The predicted octanol–water partition coefficient (Wildman–Crippen LogP) is 2.78. The molecule has 0 aliphatic carbocycles. The summed E-state index contributed by atoms with van der Waals surface area (Å²) in [7, 11) is -4.12. The van der Waals surface area contributed by atoms with Gasteiger partial charge in [-0.2, -0.15) is 13.5 Å². The summed E-state index contributed by atoms with van der Waals surface area (Å²) < 4.78 is 25.6. The van der Waals surface area contributed by atoms with Gasteiger partial charge in [-0.05, 0) is 43.5 Å². The van der Waals surface area contributed by atoms with E-state index in [0.717, 1.165) is 32.4 Å². The Morgan fingerprint density at radius 3 is 2.25 bits per heavy atom. The number of hydrogen-bond donors (Lipinski definition) is 0. The Bertz CT molecular complexity index is 905. The van der Waals surface area contributed by atoms with E-state index in [9.17, 15) is 13.2 Å². The standard InChI is InChI=1S/C15H15Cl2N3O3S/c16-11-4-6-12(7-5-11)24(22,23)20-15(21)14(17)13(10-18-20)19-8-2-1-3-9-19/h4-7,10H,1-3,8-9H2. The number of aromatic nitrogens is 2. The molecule has 2 heterocycles. The SMILES string of the molecule is O=c1c(Cl)c(N2CCCCC2)cnn1S(=O)(=O)c1ccc(Cl)cc1.